The quantitative estimate of drug-likeness (QED) is 0.870. The fourth-order valence-electron chi connectivity index (χ4n) is 4.25. The summed E-state index contributed by atoms with van der Waals surface area (Å²) in [4.78, 5) is 21.9. The molecule has 0 bridgehead atoms. The monoisotopic (exact) mass is 312 g/mol. The highest BCUT2D eigenvalue weighted by Crippen LogP contribution is 2.29. The second-order valence-electron chi connectivity index (χ2n) is 6.86. The zero-order valence-electron chi connectivity index (χ0n) is 13.7. The molecule has 0 unspecified atom stereocenters. The standard InChI is InChI=1S/C18H24N4O/c1-20-9-4-6-15(20)16-7-5-11-22(16)18(23)12-14-13-21-10-3-2-8-17(21)19-14/h2-3,8,10,13,15-16H,4-7,9,11-12H2,1H3/t15-,16+/m0/s1. The minimum atomic E-state index is 0.233. The summed E-state index contributed by atoms with van der Waals surface area (Å²) in [6, 6.07) is 6.86. The average Bonchev–Trinajstić information content (AvgIpc) is 3.24. The Morgan fingerprint density at radius 1 is 1.22 bits per heavy atom. The number of hydrogen-bond acceptors (Lipinski definition) is 3. The lowest BCUT2D eigenvalue weighted by Crippen LogP contribution is -2.47. The summed E-state index contributed by atoms with van der Waals surface area (Å²) in [6.45, 7) is 2.07. The van der Waals surface area contributed by atoms with Gasteiger partial charge >= 0.3 is 0 Å². The van der Waals surface area contributed by atoms with Crippen LogP contribution in [0.15, 0.2) is 30.6 Å². The van der Waals surface area contributed by atoms with Crippen LogP contribution in [0.1, 0.15) is 31.4 Å². The SMILES string of the molecule is CN1CCC[C@H]1[C@H]1CCCN1C(=O)Cc1cn2ccccc2n1. The topological polar surface area (TPSA) is 40.9 Å². The third-order valence-electron chi connectivity index (χ3n) is 5.39. The average molecular weight is 312 g/mol. The molecule has 5 nitrogen and oxygen atoms in total. The van der Waals surface area contributed by atoms with E-state index in [0.29, 0.717) is 18.5 Å². The second kappa shape index (κ2) is 5.96. The van der Waals surface area contributed by atoms with Gasteiger partial charge in [0.2, 0.25) is 5.91 Å². The Hall–Kier alpha value is -1.88. The smallest absolute Gasteiger partial charge is 0.228 e. The number of imidazole rings is 1. The first-order valence-corrected chi connectivity index (χ1v) is 8.65. The van der Waals surface area contributed by atoms with E-state index in [1.165, 1.54) is 12.8 Å². The highest BCUT2D eigenvalue weighted by Gasteiger charge is 2.38. The van der Waals surface area contributed by atoms with Crippen LogP contribution in [-0.4, -0.2) is 57.3 Å². The molecular formula is C18H24N4O. The Labute approximate surface area is 136 Å². The summed E-state index contributed by atoms with van der Waals surface area (Å²) in [6.07, 6.45) is 9.11. The van der Waals surface area contributed by atoms with Crippen LogP contribution in [0.3, 0.4) is 0 Å². The van der Waals surface area contributed by atoms with Gasteiger partial charge in [-0.1, -0.05) is 6.07 Å². The number of aromatic nitrogens is 2. The van der Waals surface area contributed by atoms with Crippen LogP contribution in [-0.2, 0) is 11.2 Å². The van der Waals surface area contributed by atoms with E-state index in [-0.39, 0.29) is 5.91 Å². The molecule has 0 N–H and O–H groups in total. The van der Waals surface area contributed by atoms with Gasteiger partial charge < -0.3 is 14.2 Å². The largest absolute Gasteiger partial charge is 0.338 e. The molecule has 0 spiro atoms. The van der Waals surface area contributed by atoms with Crippen LogP contribution in [0.5, 0.6) is 0 Å². The lowest BCUT2D eigenvalue weighted by Gasteiger charge is -2.33. The zero-order chi connectivity index (χ0) is 15.8. The van der Waals surface area contributed by atoms with Crippen molar-refractivity contribution in [3.8, 4) is 0 Å². The van der Waals surface area contributed by atoms with Crippen LogP contribution < -0.4 is 0 Å². The van der Waals surface area contributed by atoms with Gasteiger partial charge in [-0.25, -0.2) is 4.98 Å². The molecule has 0 radical (unpaired) electrons. The van der Waals surface area contributed by atoms with Crippen LogP contribution in [0, 0.1) is 0 Å². The molecular weight excluding hydrogens is 288 g/mol. The van der Waals surface area contributed by atoms with Gasteiger partial charge in [-0.3, -0.25) is 4.79 Å². The molecule has 2 atom stereocenters. The van der Waals surface area contributed by atoms with Crippen molar-refractivity contribution in [1.82, 2.24) is 19.2 Å². The zero-order valence-corrected chi connectivity index (χ0v) is 13.7. The first-order valence-electron chi connectivity index (χ1n) is 8.65. The molecule has 0 aliphatic carbocycles. The number of nitrogens with zero attached hydrogens (tertiary/aromatic N) is 4. The van der Waals surface area contributed by atoms with E-state index in [9.17, 15) is 4.79 Å². The van der Waals surface area contributed by atoms with Crippen LogP contribution in [0.25, 0.3) is 5.65 Å². The first-order chi connectivity index (χ1) is 11.2. The van der Waals surface area contributed by atoms with Gasteiger partial charge in [0.1, 0.15) is 5.65 Å². The molecule has 2 aliphatic heterocycles. The maximum absolute atomic E-state index is 12.8. The number of likely N-dealkylation sites (N-methyl/N-ethyl adjacent to an activating group) is 1. The summed E-state index contributed by atoms with van der Waals surface area (Å²) in [5.74, 6) is 0.233. The molecule has 2 fully saturated rings. The highest BCUT2D eigenvalue weighted by atomic mass is 16.2. The predicted octanol–water partition coefficient (Wildman–Crippen LogP) is 1.96. The number of carbonyl (C=O) groups excluding carboxylic acids is 1. The van der Waals surface area contributed by atoms with Crippen molar-refractivity contribution < 1.29 is 4.79 Å². The number of fused-ring (bicyclic) bond motifs is 1. The number of amides is 1. The van der Waals surface area contributed by atoms with Crippen LogP contribution in [0.2, 0.25) is 0 Å². The van der Waals surface area contributed by atoms with Crippen molar-refractivity contribution in [2.24, 2.45) is 0 Å². The van der Waals surface area contributed by atoms with E-state index < -0.39 is 0 Å². The van der Waals surface area contributed by atoms with Gasteiger partial charge in [0.15, 0.2) is 0 Å². The Balaban J connectivity index is 1.49. The molecule has 2 aromatic heterocycles. The van der Waals surface area contributed by atoms with Gasteiger partial charge in [-0.2, -0.15) is 0 Å². The number of rotatable bonds is 3. The maximum Gasteiger partial charge on any atom is 0.228 e. The Morgan fingerprint density at radius 3 is 2.83 bits per heavy atom. The van der Waals surface area contributed by atoms with Crippen molar-refractivity contribution in [1.29, 1.82) is 0 Å². The lowest BCUT2D eigenvalue weighted by atomic mass is 10.0. The molecule has 1 amide bonds. The Bertz CT molecular complexity index is 677. The number of carbonyl (C=O) groups is 1. The third-order valence-corrected chi connectivity index (χ3v) is 5.39. The Morgan fingerprint density at radius 2 is 2.04 bits per heavy atom. The molecule has 4 rings (SSSR count). The van der Waals surface area contributed by atoms with Crippen LogP contribution >= 0.6 is 0 Å². The van der Waals surface area contributed by atoms with E-state index in [2.05, 4.69) is 21.8 Å². The summed E-state index contributed by atoms with van der Waals surface area (Å²) in [7, 11) is 2.20. The van der Waals surface area contributed by atoms with Crippen LogP contribution in [0.4, 0.5) is 0 Å². The minimum absolute atomic E-state index is 0.233. The van der Waals surface area contributed by atoms with Crippen molar-refractivity contribution >= 4 is 11.6 Å². The molecule has 0 aromatic carbocycles. The summed E-state index contributed by atoms with van der Waals surface area (Å²) in [5.41, 5.74) is 1.77. The fraction of sp³-hybridized carbons (Fsp3) is 0.556. The van der Waals surface area contributed by atoms with Gasteiger partial charge in [0.25, 0.3) is 0 Å². The maximum atomic E-state index is 12.8. The Kier molecular flexibility index (Phi) is 3.81. The van der Waals surface area contributed by atoms with Crippen molar-refractivity contribution in [2.45, 2.75) is 44.2 Å². The number of pyridine rings is 1. The molecule has 2 aliphatic rings. The van der Waals surface area contributed by atoms with E-state index in [1.54, 1.807) is 0 Å². The van der Waals surface area contributed by atoms with E-state index in [0.717, 1.165) is 37.3 Å². The molecule has 2 aromatic rings. The van der Waals surface area contributed by atoms with Gasteiger partial charge in [0.05, 0.1) is 12.1 Å². The number of likely N-dealkylation sites (tertiary alicyclic amines) is 2. The summed E-state index contributed by atoms with van der Waals surface area (Å²) in [5, 5.41) is 0. The van der Waals surface area contributed by atoms with E-state index in [1.807, 2.05) is 35.0 Å². The second-order valence-corrected chi connectivity index (χ2v) is 6.86. The normalized spacial score (nSPS) is 25.5. The highest BCUT2D eigenvalue weighted by molar-refractivity contribution is 5.79. The summed E-state index contributed by atoms with van der Waals surface area (Å²) >= 11 is 0. The molecule has 0 saturated carbocycles. The molecule has 23 heavy (non-hydrogen) atoms. The van der Waals surface area contributed by atoms with Gasteiger partial charge in [-0.15, -0.1) is 0 Å². The molecule has 2 saturated heterocycles. The minimum Gasteiger partial charge on any atom is -0.338 e. The first kappa shape index (κ1) is 14.7. The number of hydrogen-bond donors (Lipinski definition) is 0. The third kappa shape index (κ3) is 2.74. The van der Waals surface area contributed by atoms with Gasteiger partial charge in [-0.05, 0) is 51.4 Å². The van der Waals surface area contributed by atoms with Crippen molar-refractivity contribution in [3.05, 3.63) is 36.3 Å². The molecule has 4 heterocycles. The predicted molar refractivity (Wildman–Crippen MR) is 89.3 cm³/mol. The molecule has 5 heteroatoms. The van der Waals surface area contributed by atoms with Gasteiger partial charge in [0, 0.05) is 31.0 Å². The van der Waals surface area contributed by atoms with Crippen molar-refractivity contribution in [3.63, 3.8) is 0 Å². The molecule has 122 valence electrons. The fourth-order valence-corrected chi connectivity index (χ4v) is 4.25. The van der Waals surface area contributed by atoms with E-state index >= 15 is 0 Å². The van der Waals surface area contributed by atoms with E-state index in [4.69, 9.17) is 0 Å². The summed E-state index contributed by atoms with van der Waals surface area (Å²) < 4.78 is 1.98. The lowest BCUT2D eigenvalue weighted by molar-refractivity contribution is -0.132. The van der Waals surface area contributed by atoms with Crippen molar-refractivity contribution in [2.75, 3.05) is 20.1 Å².